The van der Waals surface area contributed by atoms with Gasteiger partial charge in [0.15, 0.2) is 0 Å². The fourth-order valence-corrected chi connectivity index (χ4v) is 6.68. The van der Waals surface area contributed by atoms with E-state index in [1.807, 2.05) is 6.07 Å². The number of rotatable bonds is 8. The molecule has 1 aliphatic rings. The number of carbonyl (C=O) groups excluding carboxylic acids is 1. The molecule has 2 atom stereocenters. The van der Waals surface area contributed by atoms with Crippen LogP contribution in [0.1, 0.15) is 42.3 Å². The molecule has 1 unspecified atom stereocenters. The van der Waals surface area contributed by atoms with Crippen LogP contribution in [0.5, 0.6) is 0 Å². The highest BCUT2D eigenvalue weighted by Gasteiger charge is 2.34. The molecule has 3 aromatic carbocycles. The number of nitrogens with zero attached hydrogens (tertiary/aromatic N) is 1. The molecule has 0 aliphatic heterocycles. The molecule has 39 heavy (non-hydrogen) atoms. The molecule has 1 N–H and O–H groups in total. The quantitative estimate of drug-likeness (QED) is 0.308. The van der Waals surface area contributed by atoms with E-state index in [4.69, 9.17) is 5.79 Å². The number of fused-ring (bicyclic) bond motifs is 1. The number of carboxylic acid groups (broad SMARTS) is 1. The van der Waals surface area contributed by atoms with Crippen LogP contribution in [0, 0.1) is 5.92 Å². The van der Waals surface area contributed by atoms with Crippen molar-refractivity contribution in [2.24, 2.45) is 5.92 Å². The lowest BCUT2D eigenvalue weighted by atomic mass is 10.1. The van der Waals surface area contributed by atoms with Crippen molar-refractivity contribution in [2.75, 3.05) is 0 Å². The molecule has 5 rings (SSSR count). The molecule has 1 amide bonds. The van der Waals surface area contributed by atoms with Crippen LogP contribution in [0.25, 0.3) is 11.3 Å². The second-order valence-electron chi connectivity index (χ2n) is 9.87. The summed E-state index contributed by atoms with van der Waals surface area (Å²) in [5.41, 5.74) is 2.53. The van der Waals surface area contributed by atoms with E-state index >= 15 is 0 Å². The second-order valence-corrected chi connectivity index (χ2v) is 11.8. The van der Waals surface area contributed by atoms with E-state index in [0.717, 1.165) is 5.56 Å². The first-order chi connectivity index (χ1) is 19.1. The zero-order valence-corrected chi connectivity index (χ0v) is 22.4. The van der Waals surface area contributed by atoms with Crippen LogP contribution in [-0.2, 0) is 34.0 Å². The van der Waals surface area contributed by atoms with Gasteiger partial charge in [-0.15, -0.1) is 0 Å². The minimum atomic E-state index is -4.13. The van der Waals surface area contributed by atoms with Gasteiger partial charge in [0.25, 0.3) is 5.91 Å². The van der Waals surface area contributed by atoms with Crippen molar-refractivity contribution in [3.8, 4) is 11.3 Å². The number of furan rings is 1. The number of carbonyl (C=O) groups is 2. The van der Waals surface area contributed by atoms with Gasteiger partial charge in [-0.2, -0.15) is 0 Å². The Kier molecular flexibility index (Phi) is 6.79. The van der Waals surface area contributed by atoms with Gasteiger partial charge in [0.2, 0.25) is 9.84 Å². The lowest BCUT2D eigenvalue weighted by Crippen LogP contribution is -2.36. The number of sulfone groups is 1. The van der Waals surface area contributed by atoms with Gasteiger partial charge in [-0.1, -0.05) is 42.5 Å². The molecule has 0 saturated heterocycles. The topological polar surface area (TPSA) is 105 Å². The van der Waals surface area contributed by atoms with Crippen LogP contribution < -0.4 is 0 Å². The molecule has 0 bridgehead atoms. The molecule has 8 heteroatoms. The average Bonchev–Trinajstić information content (AvgIpc) is 3.63. The van der Waals surface area contributed by atoms with Crippen molar-refractivity contribution in [3.63, 3.8) is 0 Å². The van der Waals surface area contributed by atoms with Gasteiger partial charge in [-0.25, -0.2) is 8.42 Å². The van der Waals surface area contributed by atoms with Gasteiger partial charge in [0.05, 0.1) is 23.3 Å². The zero-order chi connectivity index (χ0) is 28.6. The van der Waals surface area contributed by atoms with Crippen LogP contribution in [0.15, 0.2) is 99.3 Å². The van der Waals surface area contributed by atoms with Crippen LogP contribution in [0.4, 0.5) is 0 Å². The maximum atomic E-state index is 14.0. The fourth-order valence-electron chi connectivity index (χ4n) is 4.96. The standard InChI is InChI=1S/C31H29NO6S/c1-20(2)32(30(33)22-14-12-21(13-15-22)27-9-6-16-38-27)19-24-7-3-4-10-28(24)39(36,37)29-11-5-8-23-17-25(31(34)35)18-26(23)29/h3-16,20,25H,17-19H2,1-2H3,(H,34,35)/t25-/m0/s1/i19D/t19?,25-. The largest absolute Gasteiger partial charge is 0.481 e. The molecule has 4 aromatic rings. The Morgan fingerprint density at radius 3 is 2.36 bits per heavy atom. The normalized spacial score (nSPS) is 16.0. The van der Waals surface area contributed by atoms with Crippen molar-refractivity contribution in [1.82, 2.24) is 4.90 Å². The van der Waals surface area contributed by atoms with Crippen molar-refractivity contribution < 1.29 is 28.9 Å². The number of benzene rings is 3. The highest BCUT2D eigenvalue weighted by atomic mass is 32.2. The third kappa shape index (κ3) is 5.12. The number of amides is 1. The molecule has 0 saturated carbocycles. The fraction of sp³-hybridized carbons (Fsp3) is 0.226. The Labute approximate surface area is 229 Å². The second kappa shape index (κ2) is 10.5. The van der Waals surface area contributed by atoms with Crippen molar-refractivity contribution in [1.29, 1.82) is 0 Å². The van der Waals surface area contributed by atoms with E-state index in [2.05, 4.69) is 0 Å². The molecule has 0 radical (unpaired) electrons. The van der Waals surface area contributed by atoms with E-state index in [0.29, 0.717) is 22.5 Å². The molecule has 200 valence electrons. The van der Waals surface area contributed by atoms with Gasteiger partial charge < -0.3 is 14.4 Å². The van der Waals surface area contributed by atoms with E-state index in [1.165, 1.54) is 17.0 Å². The molecule has 1 aliphatic carbocycles. The van der Waals surface area contributed by atoms with Gasteiger partial charge >= 0.3 is 5.97 Å². The first-order valence-corrected chi connectivity index (χ1v) is 14.1. The zero-order valence-electron chi connectivity index (χ0n) is 22.6. The molecule has 7 nitrogen and oxygen atoms in total. The first-order valence-electron chi connectivity index (χ1n) is 13.2. The van der Waals surface area contributed by atoms with Crippen LogP contribution >= 0.6 is 0 Å². The molecule has 0 fully saturated rings. The minimum absolute atomic E-state index is 0.0457. The Hall–Kier alpha value is -4.17. The summed E-state index contributed by atoms with van der Waals surface area (Å²) < 4.78 is 42.6. The number of hydrogen-bond acceptors (Lipinski definition) is 5. The summed E-state index contributed by atoms with van der Waals surface area (Å²) in [4.78, 5) is 26.6. The smallest absolute Gasteiger partial charge is 0.307 e. The number of hydrogen-bond donors (Lipinski definition) is 1. The number of aliphatic carboxylic acids is 1. The van der Waals surface area contributed by atoms with E-state index in [-0.39, 0.29) is 28.2 Å². The Morgan fingerprint density at radius 1 is 0.974 bits per heavy atom. The van der Waals surface area contributed by atoms with Gasteiger partial charge in [-0.05, 0) is 79.8 Å². The summed E-state index contributed by atoms with van der Waals surface area (Å²) in [6, 6.07) is 21.1. The summed E-state index contributed by atoms with van der Waals surface area (Å²) in [5, 5.41) is 9.52. The third-order valence-electron chi connectivity index (χ3n) is 7.00. The summed E-state index contributed by atoms with van der Waals surface area (Å²) in [6.45, 7) is 2.25. The van der Waals surface area contributed by atoms with Crippen molar-refractivity contribution in [2.45, 2.75) is 49.0 Å². The Morgan fingerprint density at radius 2 is 1.69 bits per heavy atom. The highest BCUT2D eigenvalue weighted by Crippen LogP contribution is 2.36. The SMILES string of the molecule is [2H]C(c1ccccc1S(=O)(=O)c1cccc2c1C[C@@H](C(=O)O)C2)N(C(=O)c1ccc(-c2ccco2)cc1)C(C)C. The van der Waals surface area contributed by atoms with Gasteiger partial charge in [0.1, 0.15) is 5.76 Å². The van der Waals surface area contributed by atoms with E-state index in [9.17, 15) is 23.1 Å². The first kappa shape index (κ1) is 25.1. The minimum Gasteiger partial charge on any atom is -0.481 e. The van der Waals surface area contributed by atoms with Gasteiger partial charge in [-0.3, -0.25) is 9.59 Å². The highest BCUT2D eigenvalue weighted by molar-refractivity contribution is 7.91. The summed E-state index contributed by atoms with van der Waals surface area (Å²) in [5.74, 6) is -1.38. The predicted molar refractivity (Wildman–Crippen MR) is 146 cm³/mol. The van der Waals surface area contributed by atoms with Crippen LogP contribution in [0.2, 0.25) is 0 Å². The Balaban J connectivity index is 1.50. The predicted octanol–water partition coefficient (Wildman–Crippen LogP) is 5.63. The van der Waals surface area contributed by atoms with Crippen LogP contribution in [-0.4, -0.2) is 36.3 Å². The van der Waals surface area contributed by atoms with Crippen molar-refractivity contribution >= 4 is 21.7 Å². The molecule has 0 spiro atoms. The lowest BCUT2D eigenvalue weighted by molar-refractivity contribution is -0.141. The van der Waals surface area contributed by atoms with Crippen molar-refractivity contribution in [3.05, 3.63) is 107 Å². The van der Waals surface area contributed by atoms with E-state index < -0.39 is 40.2 Å². The molecular formula is C31H29NO6S. The average molecular weight is 545 g/mol. The Bertz CT molecular complexity index is 1660. The maximum absolute atomic E-state index is 14.0. The molecule has 1 heterocycles. The lowest BCUT2D eigenvalue weighted by Gasteiger charge is -2.28. The summed E-state index contributed by atoms with van der Waals surface area (Å²) in [7, 11) is -4.13. The van der Waals surface area contributed by atoms with E-state index in [1.54, 1.807) is 80.8 Å². The number of carboxylic acids is 1. The molecule has 1 aromatic heterocycles. The molecular weight excluding hydrogens is 514 g/mol. The van der Waals surface area contributed by atoms with Crippen LogP contribution in [0.3, 0.4) is 0 Å². The monoisotopic (exact) mass is 544 g/mol. The van der Waals surface area contributed by atoms with Gasteiger partial charge in [0, 0.05) is 23.7 Å². The third-order valence-corrected chi connectivity index (χ3v) is 8.91. The summed E-state index contributed by atoms with van der Waals surface area (Å²) >= 11 is 0. The maximum Gasteiger partial charge on any atom is 0.307 e. The summed E-state index contributed by atoms with van der Waals surface area (Å²) in [6.07, 6.45) is 1.96.